The largest absolute Gasteiger partial charge is 0.475 e. The molecule has 0 unspecified atom stereocenters. The highest BCUT2D eigenvalue weighted by molar-refractivity contribution is 5.93. The molecule has 0 aliphatic heterocycles. The normalized spacial score (nSPS) is 11.5. The van der Waals surface area contributed by atoms with Gasteiger partial charge in [-0.1, -0.05) is 13.8 Å². The molecule has 124 valence electrons. The number of hydrogen-bond donors (Lipinski definition) is 1. The average Bonchev–Trinajstić information content (AvgIpc) is 2.43. The van der Waals surface area contributed by atoms with Crippen LogP contribution < -0.4 is 10.1 Å². The molecule has 0 aliphatic carbocycles. The highest BCUT2D eigenvalue weighted by Gasteiger charge is 2.10. The van der Waals surface area contributed by atoms with Crippen molar-refractivity contribution in [3.05, 3.63) is 23.9 Å². The van der Waals surface area contributed by atoms with Crippen LogP contribution in [0.3, 0.4) is 0 Å². The van der Waals surface area contributed by atoms with E-state index in [4.69, 9.17) is 9.47 Å². The maximum Gasteiger partial charge on any atom is 0.252 e. The summed E-state index contributed by atoms with van der Waals surface area (Å²) in [4.78, 5) is 16.0. The van der Waals surface area contributed by atoms with Gasteiger partial charge in [0.05, 0.1) is 17.8 Å². The number of ether oxygens (including phenoxy) is 2. The van der Waals surface area contributed by atoms with Crippen molar-refractivity contribution in [2.75, 3.05) is 19.8 Å². The van der Waals surface area contributed by atoms with E-state index >= 15 is 0 Å². The van der Waals surface area contributed by atoms with Crippen molar-refractivity contribution in [1.29, 1.82) is 0 Å². The van der Waals surface area contributed by atoms with E-state index in [1.165, 1.54) is 6.20 Å². The molecule has 0 aromatic carbocycles. The minimum atomic E-state index is -0.172. The Labute approximate surface area is 133 Å². The first kappa shape index (κ1) is 18.4. The molecule has 0 radical (unpaired) electrons. The summed E-state index contributed by atoms with van der Waals surface area (Å²) in [6.07, 6.45) is 2.50. The Morgan fingerprint density at radius 3 is 2.55 bits per heavy atom. The van der Waals surface area contributed by atoms with Crippen LogP contribution in [0.2, 0.25) is 0 Å². The third-order valence-electron chi connectivity index (χ3n) is 2.87. The number of carbonyl (C=O) groups excluding carboxylic acids is 1. The Kier molecular flexibility index (Phi) is 7.32. The van der Waals surface area contributed by atoms with Crippen LogP contribution in [0.25, 0.3) is 0 Å². The molecular formula is C17H28N2O3. The molecule has 1 N–H and O–H groups in total. The van der Waals surface area contributed by atoms with Crippen LogP contribution in [0.1, 0.15) is 51.4 Å². The van der Waals surface area contributed by atoms with Crippen molar-refractivity contribution in [1.82, 2.24) is 10.3 Å². The van der Waals surface area contributed by atoms with Gasteiger partial charge in [-0.3, -0.25) is 4.79 Å². The van der Waals surface area contributed by atoms with Crippen LogP contribution in [-0.4, -0.2) is 36.3 Å². The number of pyridine rings is 1. The second-order valence-electron chi connectivity index (χ2n) is 6.63. The first-order valence-corrected chi connectivity index (χ1v) is 7.79. The standard InChI is InChI=1S/C17H28N2O3/c1-13(2)8-9-18-16(20)14-6-7-15(19-12-14)21-10-11-22-17(3,4)5/h6-7,12-13H,8-11H2,1-5H3,(H,18,20). The van der Waals surface area contributed by atoms with E-state index in [0.717, 1.165) is 6.42 Å². The van der Waals surface area contributed by atoms with Crippen molar-refractivity contribution in [2.45, 2.75) is 46.6 Å². The number of rotatable bonds is 8. The zero-order valence-corrected chi connectivity index (χ0v) is 14.3. The molecule has 1 aromatic heterocycles. The summed E-state index contributed by atoms with van der Waals surface area (Å²) >= 11 is 0. The summed E-state index contributed by atoms with van der Waals surface area (Å²) in [5.74, 6) is 0.969. The molecular weight excluding hydrogens is 280 g/mol. The number of aromatic nitrogens is 1. The smallest absolute Gasteiger partial charge is 0.252 e. The minimum absolute atomic E-state index is 0.101. The maximum atomic E-state index is 11.9. The average molecular weight is 308 g/mol. The lowest BCUT2D eigenvalue weighted by molar-refractivity contribution is -0.0168. The predicted octanol–water partition coefficient (Wildman–Crippen LogP) is 3.05. The SMILES string of the molecule is CC(C)CCNC(=O)c1ccc(OCCOC(C)(C)C)nc1. The third-order valence-corrected chi connectivity index (χ3v) is 2.87. The van der Waals surface area contributed by atoms with E-state index in [1.807, 2.05) is 20.8 Å². The van der Waals surface area contributed by atoms with E-state index in [2.05, 4.69) is 24.1 Å². The van der Waals surface area contributed by atoms with Crippen LogP contribution in [0.5, 0.6) is 5.88 Å². The van der Waals surface area contributed by atoms with Gasteiger partial charge >= 0.3 is 0 Å². The van der Waals surface area contributed by atoms with Gasteiger partial charge in [0.1, 0.15) is 6.61 Å². The monoisotopic (exact) mass is 308 g/mol. The first-order valence-electron chi connectivity index (χ1n) is 7.79. The molecule has 0 saturated carbocycles. The van der Waals surface area contributed by atoms with Crippen molar-refractivity contribution < 1.29 is 14.3 Å². The van der Waals surface area contributed by atoms with E-state index < -0.39 is 0 Å². The molecule has 22 heavy (non-hydrogen) atoms. The number of amides is 1. The Hall–Kier alpha value is -1.62. The van der Waals surface area contributed by atoms with Crippen LogP contribution in [0, 0.1) is 5.92 Å². The second kappa shape index (κ2) is 8.73. The molecule has 1 amide bonds. The molecule has 5 heteroatoms. The van der Waals surface area contributed by atoms with Gasteiger partial charge in [0.15, 0.2) is 0 Å². The zero-order chi connectivity index (χ0) is 16.6. The number of nitrogens with one attached hydrogen (secondary N) is 1. The van der Waals surface area contributed by atoms with Crippen LogP contribution in [0.15, 0.2) is 18.3 Å². The molecule has 5 nitrogen and oxygen atoms in total. The minimum Gasteiger partial charge on any atom is -0.475 e. The number of carbonyl (C=O) groups is 1. The summed E-state index contributed by atoms with van der Waals surface area (Å²) < 4.78 is 11.0. The fourth-order valence-electron chi connectivity index (χ4n) is 1.67. The molecule has 1 rings (SSSR count). The topological polar surface area (TPSA) is 60.5 Å². The van der Waals surface area contributed by atoms with Gasteiger partial charge in [0, 0.05) is 18.8 Å². The third kappa shape index (κ3) is 7.98. The Morgan fingerprint density at radius 1 is 1.27 bits per heavy atom. The van der Waals surface area contributed by atoms with E-state index in [-0.39, 0.29) is 11.5 Å². The van der Waals surface area contributed by atoms with E-state index in [9.17, 15) is 4.79 Å². The van der Waals surface area contributed by atoms with E-state index in [0.29, 0.717) is 37.1 Å². The number of nitrogens with zero attached hydrogens (tertiary/aromatic N) is 1. The molecule has 0 bridgehead atoms. The summed E-state index contributed by atoms with van der Waals surface area (Å²) in [5, 5.41) is 2.88. The lowest BCUT2D eigenvalue weighted by atomic mass is 10.1. The van der Waals surface area contributed by atoms with Crippen molar-refractivity contribution in [3.8, 4) is 5.88 Å². The molecule has 0 spiro atoms. The quantitative estimate of drug-likeness (QED) is 0.750. The molecule has 0 aliphatic rings. The maximum absolute atomic E-state index is 11.9. The lowest BCUT2D eigenvalue weighted by Gasteiger charge is -2.19. The Balaban J connectivity index is 2.34. The summed E-state index contributed by atoms with van der Waals surface area (Å²) in [6, 6.07) is 3.42. The Morgan fingerprint density at radius 2 is 2.00 bits per heavy atom. The molecule has 0 saturated heterocycles. The highest BCUT2D eigenvalue weighted by atomic mass is 16.5. The molecule has 0 atom stereocenters. The highest BCUT2D eigenvalue weighted by Crippen LogP contribution is 2.09. The fraction of sp³-hybridized carbons (Fsp3) is 0.647. The number of hydrogen-bond acceptors (Lipinski definition) is 4. The molecule has 1 heterocycles. The van der Waals surface area contributed by atoms with Gasteiger partial charge in [0.25, 0.3) is 5.91 Å². The molecule has 0 fully saturated rings. The zero-order valence-electron chi connectivity index (χ0n) is 14.3. The Bertz CT molecular complexity index is 450. The second-order valence-corrected chi connectivity index (χ2v) is 6.63. The molecule has 1 aromatic rings. The summed E-state index contributed by atoms with van der Waals surface area (Å²) in [6.45, 7) is 11.9. The fourth-order valence-corrected chi connectivity index (χ4v) is 1.67. The van der Waals surface area contributed by atoms with Crippen molar-refractivity contribution in [3.63, 3.8) is 0 Å². The van der Waals surface area contributed by atoms with Gasteiger partial charge in [0.2, 0.25) is 5.88 Å². The van der Waals surface area contributed by atoms with Crippen molar-refractivity contribution >= 4 is 5.91 Å². The van der Waals surface area contributed by atoms with Gasteiger partial charge in [-0.05, 0) is 39.2 Å². The summed E-state index contributed by atoms with van der Waals surface area (Å²) in [7, 11) is 0. The van der Waals surface area contributed by atoms with Gasteiger partial charge in [-0.25, -0.2) is 4.98 Å². The van der Waals surface area contributed by atoms with E-state index in [1.54, 1.807) is 12.1 Å². The lowest BCUT2D eigenvalue weighted by Crippen LogP contribution is -2.25. The van der Waals surface area contributed by atoms with Crippen LogP contribution >= 0.6 is 0 Å². The summed E-state index contributed by atoms with van der Waals surface area (Å²) in [5.41, 5.74) is 0.372. The van der Waals surface area contributed by atoms with Crippen molar-refractivity contribution in [2.24, 2.45) is 5.92 Å². The first-order chi connectivity index (χ1) is 10.3. The van der Waals surface area contributed by atoms with Gasteiger partial charge in [-0.15, -0.1) is 0 Å². The predicted molar refractivity (Wildman–Crippen MR) is 87.2 cm³/mol. The van der Waals surface area contributed by atoms with Gasteiger partial charge in [-0.2, -0.15) is 0 Å². The van der Waals surface area contributed by atoms with Crippen LogP contribution in [-0.2, 0) is 4.74 Å². The van der Waals surface area contributed by atoms with Gasteiger partial charge < -0.3 is 14.8 Å². The van der Waals surface area contributed by atoms with Crippen LogP contribution in [0.4, 0.5) is 0 Å².